The first-order chi connectivity index (χ1) is 17.7. The van der Waals surface area contributed by atoms with Crippen molar-refractivity contribution in [3.8, 4) is 11.8 Å². The number of anilines is 1. The van der Waals surface area contributed by atoms with Crippen molar-refractivity contribution in [2.24, 2.45) is 5.73 Å². The van der Waals surface area contributed by atoms with Crippen LogP contribution in [0.3, 0.4) is 0 Å². The van der Waals surface area contributed by atoms with E-state index < -0.39 is 12.5 Å². The lowest BCUT2D eigenvalue weighted by Crippen LogP contribution is -2.27. The molecule has 0 bridgehead atoms. The zero-order valence-corrected chi connectivity index (χ0v) is 20.6. The Morgan fingerprint density at radius 3 is 2.76 bits per heavy atom. The van der Waals surface area contributed by atoms with Gasteiger partial charge in [-0.2, -0.15) is 13.9 Å². The van der Waals surface area contributed by atoms with E-state index in [9.17, 15) is 18.4 Å². The van der Waals surface area contributed by atoms with E-state index in [-0.39, 0.29) is 51.4 Å². The van der Waals surface area contributed by atoms with Gasteiger partial charge in [0.1, 0.15) is 24.0 Å². The van der Waals surface area contributed by atoms with Crippen LogP contribution in [0.1, 0.15) is 40.6 Å². The summed E-state index contributed by atoms with van der Waals surface area (Å²) in [4.78, 5) is 30.2. The maximum absolute atomic E-state index is 13.3. The first kappa shape index (κ1) is 25.7. The summed E-state index contributed by atoms with van der Waals surface area (Å²) >= 11 is 6.30. The number of rotatable bonds is 6. The minimum absolute atomic E-state index is 0.0376. The van der Waals surface area contributed by atoms with Crippen LogP contribution in [0.5, 0.6) is 0 Å². The first-order valence-corrected chi connectivity index (χ1v) is 11.3. The number of alkyl halides is 2. The van der Waals surface area contributed by atoms with Crippen LogP contribution in [-0.2, 0) is 9.53 Å². The molecule has 2 amide bonds. The highest BCUT2D eigenvalue weighted by atomic mass is 35.5. The topological polar surface area (TPSA) is 120 Å². The van der Waals surface area contributed by atoms with Crippen LogP contribution in [-0.4, -0.2) is 56.7 Å². The van der Waals surface area contributed by atoms with Crippen LogP contribution in [0, 0.1) is 11.8 Å². The van der Waals surface area contributed by atoms with Crippen molar-refractivity contribution < 1.29 is 23.1 Å². The molecule has 0 unspecified atom stereocenters. The smallest absolute Gasteiger partial charge is 0.320 e. The minimum atomic E-state index is -2.79. The van der Waals surface area contributed by atoms with Crippen LogP contribution >= 0.6 is 11.6 Å². The molecular weight excluding hydrogens is 508 g/mol. The third-order valence-corrected chi connectivity index (χ3v) is 6.12. The third-order valence-electron chi connectivity index (χ3n) is 5.81. The van der Waals surface area contributed by atoms with Gasteiger partial charge in [-0.05, 0) is 24.1 Å². The van der Waals surface area contributed by atoms with Gasteiger partial charge in [0.25, 0.3) is 5.91 Å². The highest BCUT2D eigenvalue weighted by molar-refractivity contribution is 6.32. The van der Waals surface area contributed by atoms with Crippen molar-refractivity contribution in [2.45, 2.75) is 19.0 Å². The number of hydrogen-bond acceptors (Lipinski definition) is 6. The standard InChI is InChI=1S/C24H22ClF2N7O3/c1-4-20(35)32-10-14(8-15(32)11-37-3)34-23(29-2)21(22(28)36)17(31-34)6-5-13-7-19-18(9-16(13)25)30-12-33(19)24(26)27/h4,7,9,11-12,14,24,29H,1,8,10H2,2-3H3,(H2,28,36)/b15-11+/t14-/m0/s1. The summed E-state index contributed by atoms with van der Waals surface area (Å²) in [6.07, 6.45) is 4.04. The number of nitrogens with zero attached hydrogens (tertiary/aromatic N) is 5. The van der Waals surface area contributed by atoms with Crippen molar-refractivity contribution in [2.75, 3.05) is 26.0 Å². The number of fused-ring (bicyclic) bond motifs is 1. The number of nitrogens with two attached hydrogens (primary N) is 1. The van der Waals surface area contributed by atoms with Gasteiger partial charge in [-0.1, -0.05) is 24.1 Å². The number of carbonyl (C=O) groups excluding carboxylic acids is 2. The highest BCUT2D eigenvalue weighted by Crippen LogP contribution is 2.34. The number of ether oxygens (including phenoxy) is 1. The van der Waals surface area contributed by atoms with Gasteiger partial charge in [0.05, 0.1) is 34.9 Å². The summed E-state index contributed by atoms with van der Waals surface area (Å²) in [6.45, 7) is 0.977. The molecule has 1 fully saturated rings. The van der Waals surface area contributed by atoms with E-state index >= 15 is 0 Å². The normalized spacial score (nSPS) is 16.2. The molecule has 3 aromatic rings. The van der Waals surface area contributed by atoms with E-state index in [1.54, 1.807) is 11.7 Å². The Hall–Kier alpha value is -4.37. The van der Waals surface area contributed by atoms with E-state index in [4.69, 9.17) is 22.1 Å². The molecule has 1 atom stereocenters. The number of primary amides is 1. The largest absolute Gasteiger partial charge is 0.503 e. The number of aromatic nitrogens is 4. The lowest BCUT2D eigenvalue weighted by Gasteiger charge is -2.16. The molecule has 3 N–H and O–H groups in total. The second kappa shape index (κ2) is 10.3. The van der Waals surface area contributed by atoms with Crippen LogP contribution < -0.4 is 11.1 Å². The number of nitrogens with one attached hydrogen (secondary N) is 1. The number of halogens is 3. The Bertz CT molecular complexity index is 1500. The predicted molar refractivity (Wildman–Crippen MR) is 133 cm³/mol. The molecule has 3 heterocycles. The van der Waals surface area contributed by atoms with E-state index in [2.05, 4.69) is 33.8 Å². The molecule has 4 rings (SSSR count). The molecule has 1 saturated heterocycles. The van der Waals surface area contributed by atoms with E-state index in [1.165, 1.54) is 36.5 Å². The number of benzene rings is 1. The molecule has 2 aromatic heterocycles. The second-order valence-electron chi connectivity index (χ2n) is 7.99. The zero-order chi connectivity index (χ0) is 26.9. The van der Waals surface area contributed by atoms with Gasteiger partial charge in [-0.3, -0.25) is 14.2 Å². The average molecular weight is 530 g/mol. The lowest BCUT2D eigenvalue weighted by molar-refractivity contribution is -0.123. The molecular formula is C24H22ClF2N7O3. The molecule has 13 heteroatoms. The Morgan fingerprint density at radius 1 is 1.38 bits per heavy atom. The summed E-state index contributed by atoms with van der Waals surface area (Å²) in [6, 6.07) is 2.45. The molecule has 1 aromatic carbocycles. The van der Waals surface area contributed by atoms with E-state index in [0.717, 1.165) is 6.33 Å². The molecule has 10 nitrogen and oxygen atoms in total. The van der Waals surface area contributed by atoms with Gasteiger partial charge in [0.15, 0.2) is 5.69 Å². The van der Waals surface area contributed by atoms with Gasteiger partial charge in [0, 0.05) is 25.6 Å². The number of hydrogen-bond donors (Lipinski definition) is 2. The molecule has 1 aliphatic rings. The summed E-state index contributed by atoms with van der Waals surface area (Å²) in [5.74, 6) is 4.82. The van der Waals surface area contributed by atoms with Crippen LogP contribution in [0.15, 0.2) is 43.1 Å². The lowest BCUT2D eigenvalue weighted by atomic mass is 10.1. The van der Waals surface area contributed by atoms with E-state index in [1.807, 2.05) is 0 Å². The van der Waals surface area contributed by atoms with Crippen LogP contribution in [0.25, 0.3) is 11.0 Å². The van der Waals surface area contributed by atoms with Crippen LogP contribution in [0.4, 0.5) is 14.6 Å². The molecule has 192 valence electrons. The second-order valence-corrected chi connectivity index (χ2v) is 8.39. The molecule has 37 heavy (non-hydrogen) atoms. The quantitative estimate of drug-likeness (QED) is 0.287. The fourth-order valence-electron chi connectivity index (χ4n) is 4.18. The van der Waals surface area contributed by atoms with Crippen LogP contribution in [0.2, 0.25) is 5.02 Å². The van der Waals surface area contributed by atoms with Crippen molar-refractivity contribution in [1.29, 1.82) is 0 Å². The Balaban J connectivity index is 1.79. The maximum atomic E-state index is 13.3. The Labute approximate surface area is 215 Å². The summed E-state index contributed by atoms with van der Waals surface area (Å²) in [5.41, 5.74) is 7.04. The van der Waals surface area contributed by atoms with Gasteiger partial charge in [-0.25, -0.2) is 9.67 Å². The first-order valence-electron chi connectivity index (χ1n) is 10.9. The molecule has 1 aliphatic heterocycles. The molecule has 0 saturated carbocycles. The molecule has 0 radical (unpaired) electrons. The zero-order valence-electron chi connectivity index (χ0n) is 19.8. The Morgan fingerprint density at radius 2 is 2.14 bits per heavy atom. The number of likely N-dealkylation sites (tertiary alicyclic amines) is 1. The average Bonchev–Trinajstić information content (AvgIpc) is 3.56. The number of methoxy groups -OCH3 is 1. The van der Waals surface area contributed by atoms with Gasteiger partial charge in [-0.15, -0.1) is 0 Å². The summed E-state index contributed by atoms with van der Waals surface area (Å²) in [7, 11) is 3.07. The van der Waals surface area contributed by atoms with Crippen molar-refractivity contribution in [3.05, 3.63) is 64.9 Å². The highest BCUT2D eigenvalue weighted by Gasteiger charge is 2.35. The number of imidazole rings is 1. The van der Waals surface area contributed by atoms with Crippen molar-refractivity contribution in [3.63, 3.8) is 0 Å². The predicted octanol–water partition coefficient (Wildman–Crippen LogP) is 3.27. The minimum Gasteiger partial charge on any atom is -0.503 e. The number of amides is 2. The Kier molecular flexibility index (Phi) is 7.17. The fraction of sp³-hybridized carbons (Fsp3) is 0.250. The van der Waals surface area contributed by atoms with Crippen molar-refractivity contribution in [1.82, 2.24) is 24.2 Å². The van der Waals surface area contributed by atoms with Gasteiger partial charge >= 0.3 is 6.55 Å². The SMILES string of the molecule is C=CC(=O)N1C[C@@H](n2nc(C#Cc3cc4c(cc3Cl)ncn4C(F)F)c(C(N)=O)c2NC)C/C1=C\OC. The molecule has 0 aliphatic carbocycles. The summed E-state index contributed by atoms with van der Waals surface area (Å²) < 4.78 is 34.0. The van der Waals surface area contributed by atoms with Gasteiger partial charge in [0.2, 0.25) is 5.91 Å². The molecule has 0 spiro atoms. The maximum Gasteiger partial charge on any atom is 0.320 e. The third kappa shape index (κ3) is 4.73. The fourth-order valence-corrected chi connectivity index (χ4v) is 4.39. The monoisotopic (exact) mass is 529 g/mol. The van der Waals surface area contributed by atoms with Crippen molar-refractivity contribution >= 4 is 40.3 Å². The number of allylic oxidation sites excluding steroid dienone is 1. The number of carbonyl (C=O) groups is 2. The van der Waals surface area contributed by atoms with E-state index in [0.29, 0.717) is 22.5 Å². The summed E-state index contributed by atoms with van der Waals surface area (Å²) in [5, 5.41) is 7.63. The van der Waals surface area contributed by atoms with Gasteiger partial charge < -0.3 is 20.7 Å².